The summed E-state index contributed by atoms with van der Waals surface area (Å²) >= 11 is 5.40. The normalized spacial score (nSPS) is 11.0. The zero-order valence-electron chi connectivity index (χ0n) is 8.08. The number of hydrogen-bond donors (Lipinski definition) is 0. The van der Waals surface area contributed by atoms with Crippen LogP contribution in [0.15, 0.2) is 12.1 Å². The summed E-state index contributed by atoms with van der Waals surface area (Å²) in [5, 5.41) is 19.1. The summed E-state index contributed by atoms with van der Waals surface area (Å²) in [5.41, 5.74) is -2.88. The summed E-state index contributed by atoms with van der Waals surface area (Å²) in [5.74, 6) is -0.276. The molecule has 4 nitrogen and oxygen atoms in total. The molecule has 8 heteroatoms. The van der Waals surface area contributed by atoms with Gasteiger partial charge in [-0.1, -0.05) is 0 Å². The zero-order chi connectivity index (χ0) is 13.2. The van der Waals surface area contributed by atoms with Gasteiger partial charge in [-0.2, -0.15) is 18.4 Å². The third-order valence-corrected chi connectivity index (χ3v) is 2.28. The Kier molecular flexibility index (Phi) is 3.58. The molecular weight excluding hydrogens is 261 g/mol. The lowest BCUT2D eigenvalue weighted by atomic mass is 10.0. The molecule has 1 aromatic rings. The van der Waals surface area contributed by atoms with E-state index in [2.05, 4.69) is 0 Å². The molecule has 0 saturated heterocycles. The number of benzene rings is 1. The third-order valence-electron chi connectivity index (χ3n) is 1.99. The number of nitriles is 1. The molecule has 1 rings (SSSR count). The number of alkyl halides is 4. The number of nitro groups is 1. The highest BCUT2D eigenvalue weighted by Gasteiger charge is 2.39. The van der Waals surface area contributed by atoms with E-state index in [1.165, 1.54) is 6.07 Å². The fraction of sp³-hybridized carbons (Fsp3) is 0.222. The number of rotatable bonds is 2. The maximum absolute atomic E-state index is 12.5. The highest BCUT2D eigenvalue weighted by atomic mass is 35.5. The molecule has 0 radical (unpaired) electrons. The van der Waals surface area contributed by atoms with E-state index < -0.39 is 22.4 Å². The Morgan fingerprint density at radius 2 is 2.06 bits per heavy atom. The second-order valence-electron chi connectivity index (χ2n) is 3.03. The summed E-state index contributed by atoms with van der Waals surface area (Å²) in [6.07, 6.45) is -4.89. The first kappa shape index (κ1) is 13.3. The lowest BCUT2D eigenvalue weighted by molar-refractivity contribution is -0.388. The first-order chi connectivity index (χ1) is 7.81. The van der Waals surface area contributed by atoms with Gasteiger partial charge in [0.1, 0.15) is 5.56 Å². The fourth-order valence-corrected chi connectivity index (χ4v) is 1.45. The molecule has 0 fully saturated rings. The van der Waals surface area contributed by atoms with Crippen molar-refractivity contribution >= 4 is 17.3 Å². The van der Waals surface area contributed by atoms with Crippen LogP contribution in [-0.2, 0) is 12.1 Å². The smallest absolute Gasteiger partial charge is 0.258 e. The molecule has 0 saturated carbocycles. The van der Waals surface area contributed by atoms with E-state index >= 15 is 0 Å². The molecule has 0 unspecified atom stereocenters. The van der Waals surface area contributed by atoms with Gasteiger partial charge in [-0.3, -0.25) is 10.1 Å². The predicted molar refractivity (Wildman–Crippen MR) is 52.4 cm³/mol. The molecule has 0 aliphatic rings. The Morgan fingerprint density at radius 3 is 2.41 bits per heavy atom. The minimum Gasteiger partial charge on any atom is -0.258 e. The van der Waals surface area contributed by atoms with E-state index in [-0.39, 0.29) is 17.0 Å². The molecule has 17 heavy (non-hydrogen) atoms. The van der Waals surface area contributed by atoms with Crippen molar-refractivity contribution < 1.29 is 18.1 Å². The number of nitrogens with zero attached hydrogens (tertiary/aromatic N) is 2. The number of hydrogen-bond acceptors (Lipinski definition) is 3. The van der Waals surface area contributed by atoms with Gasteiger partial charge in [0.2, 0.25) is 0 Å². The average Bonchev–Trinajstić information content (AvgIpc) is 2.25. The summed E-state index contributed by atoms with van der Waals surface area (Å²) < 4.78 is 37.5. The molecule has 0 aliphatic heterocycles. The molecular formula is C9H4ClF3N2O2. The van der Waals surface area contributed by atoms with Crippen LogP contribution < -0.4 is 0 Å². The molecule has 0 aromatic heterocycles. The van der Waals surface area contributed by atoms with Crippen LogP contribution in [-0.4, -0.2) is 4.92 Å². The van der Waals surface area contributed by atoms with Crippen LogP contribution in [0, 0.1) is 21.4 Å². The number of halogens is 4. The van der Waals surface area contributed by atoms with Crippen LogP contribution in [0.3, 0.4) is 0 Å². The van der Waals surface area contributed by atoms with Crippen molar-refractivity contribution in [1.82, 2.24) is 0 Å². The van der Waals surface area contributed by atoms with Crippen molar-refractivity contribution in [3.8, 4) is 6.07 Å². The summed E-state index contributed by atoms with van der Waals surface area (Å²) in [6, 6.07) is 2.63. The van der Waals surface area contributed by atoms with E-state index in [1.54, 1.807) is 0 Å². The van der Waals surface area contributed by atoms with E-state index in [0.29, 0.717) is 12.1 Å². The molecule has 0 atom stereocenters. The van der Waals surface area contributed by atoms with Gasteiger partial charge in [0.05, 0.1) is 16.6 Å². The van der Waals surface area contributed by atoms with Crippen LogP contribution in [0.1, 0.15) is 16.7 Å². The van der Waals surface area contributed by atoms with Gasteiger partial charge in [0, 0.05) is 11.9 Å². The molecule has 0 aliphatic carbocycles. The Morgan fingerprint density at radius 1 is 1.47 bits per heavy atom. The van der Waals surface area contributed by atoms with Crippen molar-refractivity contribution in [3.05, 3.63) is 38.9 Å². The van der Waals surface area contributed by atoms with Gasteiger partial charge in [-0.15, -0.1) is 11.6 Å². The Hall–Kier alpha value is -1.81. The van der Waals surface area contributed by atoms with Crippen molar-refractivity contribution in [2.45, 2.75) is 12.1 Å². The van der Waals surface area contributed by atoms with Gasteiger partial charge in [-0.25, -0.2) is 0 Å². The van der Waals surface area contributed by atoms with Crippen LogP contribution in [0.4, 0.5) is 18.9 Å². The molecule has 0 amide bonds. The first-order valence-electron chi connectivity index (χ1n) is 4.15. The zero-order valence-corrected chi connectivity index (χ0v) is 8.84. The Bertz CT molecular complexity index is 508. The first-order valence-corrected chi connectivity index (χ1v) is 4.69. The quantitative estimate of drug-likeness (QED) is 0.468. The standard InChI is InChI=1S/C9H4ClF3N2O2/c10-3-5-2-8(15(16)17)7(9(11,12)13)1-6(5)4-14/h1-2H,3H2. The molecule has 0 heterocycles. The van der Waals surface area contributed by atoms with Crippen LogP contribution in [0.2, 0.25) is 0 Å². The van der Waals surface area contributed by atoms with Gasteiger partial charge in [-0.05, 0) is 11.6 Å². The molecule has 90 valence electrons. The highest BCUT2D eigenvalue weighted by molar-refractivity contribution is 6.17. The maximum Gasteiger partial charge on any atom is 0.423 e. The van der Waals surface area contributed by atoms with E-state index in [4.69, 9.17) is 16.9 Å². The lowest BCUT2D eigenvalue weighted by Crippen LogP contribution is -2.10. The van der Waals surface area contributed by atoms with Crippen molar-refractivity contribution in [2.75, 3.05) is 0 Å². The number of nitro benzene ring substituents is 1. The summed E-state index contributed by atoms with van der Waals surface area (Å²) in [6.45, 7) is 0. The second kappa shape index (κ2) is 4.59. The minimum atomic E-state index is -4.89. The third kappa shape index (κ3) is 2.65. The topological polar surface area (TPSA) is 66.9 Å². The van der Waals surface area contributed by atoms with Crippen molar-refractivity contribution in [2.24, 2.45) is 0 Å². The SMILES string of the molecule is N#Cc1cc(C(F)(F)F)c([N+](=O)[O-])cc1CCl. The van der Waals surface area contributed by atoms with Crippen LogP contribution in [0.25, 0.3) is 0 Å². The predicted octanol–water partition coefficient (Wildman–Crippen LogP) is 3.22. The van der Waals surface area contributed by atoms with Crippen molar-refractivity contribution in [3.63, 3.8) is 0 Å². The molecule has 0 N–H and O–H groups in total. The Balaban J connectivity index is 3.59. The van der Waals surface area contributed by atoms with Gasteiger partial charge in [0.25, 0.3) is 5.69 Å². The van der Waals surface area contributed by atoms with Gasteiger partial charge < -0.3 is 0 Å². The van der Waals surface area contributed by atoms with E-state index in [0.717, 1.165) is 0 Å². The second-order valence-corrected chi connectivity index (χ2v) is 3.29. The monoisotopic (exact) mass is 264 g/mol. The molecule has 1 aromatic carbocycles. The van der Waals surface area contributed by atoms with Crippen molar-refractivity contribution in [1.29, 1.82) is 5.26 Å². The van der Waals surface area contributed by atoms with Crippen LogP contribution in [0.5, 0.6) is 0 Å². The molecule has 0 bridgehead atoms. The van der Waals surface area contributed by atoms with E-state index in [1.807, 2.05) is 0 Å². The van der Waals surface area contributed by atoms with Gasteiger partial charge in [0.15, 0.2) is 0 Å². The van der Waals surface area contributed by atoms with E-state index in [9.17, 15) is 23.3 Å². The average molecular weight is 265 g/mol. The maximum atomic E-state index is 12.5. The summed E-state index contributed by atoms with van der Waals surface area (Å²) in [7, 11) is 0. The minimum absolute atomic E-state index is 0.00568. The van der Waals surface area contributed by atoms with Crippen LogP contribution >= 0.6 is 11.6 Å². The summed E-state index contributed by atoms with van der Waals surface area (Å²) in [4.78, 5) is 9.36. The molecule has 0 spiro atoms. The lowest BCUT2D eigenvalue weighted by Gasteiger charge is -2.09. The van der Waals surface area contributed by atoms with Gasteiger partial charge >= 0.3 is 6.18 Å². The fourth-order valence-electron chi connectivity index (χ4n) is 1.22. The highest BCUT2D eigenvalue weighted by Crippen LogP contribution is 2.37. The largest absolute Gasteiger partial charge is 0.423 e. The Labute approximate surface area is 98.4 Å².